The number of benzene rings is 2. The van der Waals surface area contributed by atoms with Gasteiger partial charge in [-0.05, 0) is 28.6 Å². The van der Waals surface area contributed by atoms with Crippen molar-refractivity contribution < 1.29 is 0 Å². The summed E-state index contributed by atoms with van der Waals surface area (Å²) in [5, 5.41) is 2.49. The van der Waals surface area contributed by atoms with Gasteiger partial charge in [0.1, 0.15) is 4.38 Å². The van der Waals surface area contributed by atoms with Gasteiger partial charge in [0, 0.05) is 10.6 Å². The van der Waals surface area contributed by atoms with Gasteiger partial charge in [-0.2, -0.15) is 0 Å². The van der Waals surface area contributed by atoms with Crippen LogP contribution in [0.15, 0.2) is 89.2 Å². The van der Waals surface area contributed by atoms with Gasteiger partial charge in [-0.3, -0.25) is 0 Å². The number of hydrogen-bond acceptors (Lipinski definition) is 4. The van der Waals surface area contributed by atoms with Crippen molar-refractivity contribution in [3.8, 4) is 0 Å². The van der Waals surface area contributed by atoms with E-state index in [9.17, 15) is 0 Å². The molecule has 1 aromatic heterocycles. The Balaban J connectivity index is 1.59. The lowest BCUT2D eigenvalue weighted by molar-refractivity contribution is 1.28. The van der Waals surface area contributed by atoms with E-state index in [1.165, 1.54) is 16.0 Å². The highest BCUT2D eigenvalue weighted by Crippen LogP contribution is 2.43. The zero-order valence-electron chi connectivity index (χ0n) is 13.5. The summed E-state index contributed by atoms with van der Waals surface area (Å²) < 4.78 is 1.14. The summed E-state index contributed by atoms with van der Waals surface area (Å²) in [7, 11) is 0. The molecule has 1 atom stereocenters. The summed E-state index contributed by atoms with van der Waals surface area (Å²) in [6.07, 6.45) is 2.29. The van der Waals surface area contributed by atoms with Crippen molar-refractivity contribution in [1.82, 2.24) is 0 Å². The molecule has 3 aromatic rings. The molecule has 1 unspecified atom stereocenters. The molecule has 0 fully saturated rings. The minimum absolute atomic E-state index is 0.339. The third kappa shape index (κ3) is 4.27. The minimum atomic E-state index is 0.339. The molecule has 0 amide bonds. The Hall–Kier alpha value is -1.75. The molecule has 0 spiro atoms. The molecular weight excluding hydrogens is 362 g/mol. The van der Waals surface area contributed by atoms with Crippen LogP contribution in [0.1, 0.15) is 21.3 Å². The van der Waals surface area contributed by atoms with Gasteiger partial charge in [0.15, 0.2) is 0 Å². The molecule has 1 nitrogen and oxygen atoms in total. The van der Waals surface area contributed by atoms with E-state index in [1.807, 2.05) is 40.9 Å². The lowest BCUT2D eigenvalue weighted by Gasteiger charge is -2.19. The van der Waals surface area contributed by atoms with E-state index in [0.29, 0.717) is 5.25 Å². The summed E-state index contributed by atoms with van der Waals surface area (Å²) in [5.41, 5.74) is 3.59. The highest BCUT2D eigenvalue weighted by Gasteiger charge is 2.21. The summed E-state index contributed by atoms with van der Waals surface area (Å²) in [5.74, 6) is 0.950. The molecule has 124 valence electrons. The highest BCUT2D eigenvalue weighted by molar-refractivity contribution is 8.38. The Labute approximate surface area is 160 Å². The molecule has 0 radical (unpaired) electrons. The second kappa shape index (κ2) is 8.09. The third-order valence-electron chi connectivity index (χ3n) is 3.85. The van der Waals surface area contributed by atoms with E-state index in [4.69, 9.17) is 4.99 Å². The van der Waals surface area contributed by atoms with Crippen molar-refractivity contribution in [2.24, 2.45) is 4.99 Å². The predicted molar refractivity (Wildman–Crippen MR) is 114 cm³/mol. The van der Waals surface area contributed by atoms with Crippen molar-refractivity contribution in [2.45, 2.75) is 11.0 Å². The first kappa shape index (κ1) is 16.7. The maximum absolute atomic E-state index is 4.94. The van der Waals surface area contributed by atoms with Gasteiger partial charge in [0.05, 0.1) is 10.9 Å². The van der Waals surface area contributed by atoms with Gasteiger partial charge in [0.25, 0.3) is 0 Å². The predicted octanol–water partition coefficient (Wildman–Crippen LogP) is 6.87. The molecule has 4 heteroatoms. The number of thioether (sulfide) groups is 2. The lowest BCUT2D eigenvalue weighted by Crippen LogP contribution is -2.01. The monoisotopic (exact) mass is 379 g/mol. The van der Waals surface area contributed by atoms with Gasteiger partial charge in [-0.25, -0.2) is 4.99 Å². The van der Waals surface area contributed by atoms with Crippen LogP contribution in [-0.2, 0) is 5.75 Å². The standard InChI is InChI=1S/C21H17NS3/c1-3-8-16(9-4-1)15-24-21-22-18(17-10-5-2-6-11-17)14-20(25-21)19-12-7-13-23-19/h1-14,20H,15H2. The van der Waals surface area contributed by atoms with Gasteiger partial charge < -0.3 is 0 Å². The average Bonchev–Trinajstić information content (AvgIpc) is 3.23. The summed E-state index contributed by atoms with van der Waals surface area (Å²) in [4.78, 5) is 6.32. The number of rotatable bonds is 4. The van der Waals surface area contributed by atoms with Crippen molar-refractivity contribution in [3.63, 3.8) is 0 Å². The third-order valence-corrected chi connectivity index (χ3v) is 7.35. The first-order valence-electron chi connectivity index (χ1n) is 8.11. The quantitative estimate of drug-likeness (QED) is 0.490. The molecule has 0 N–H and O–H groups in total. The Morgan fingerprint density at radius 2 is 1.64 bits per heavy atom. The maximum Gasteiger partial charge on any atom is 0.131 e. The van der Waals surface area contributed by atoms with Crippen LogP contribution in [0.3, 0.4) is 0 Å². The van der Waals surface area contributed by atoms with Crippen LogP contribution in [-0.4, -0.2) is 4.38 Å². The zero-order chi connectivity index (χ0) is 16.9. The van der Waals surface area contributed by atoms with Crippen molar-refractivity contribution in [2.75, 3.05) is 0 Å². The fourth-order valence-electron chi connectivity index (χ4n) is 2.60. The summed E-state index contributed by atoms with van der Waals surface area (Å²) in [6, 6.07) is 25.4. The molecule has 2 aromatic carbocycles. The molecule has 1 aliphatic heterocycles. The van der Waals surface area contributed by atoms with Crippen LogP contribution < -0.4 is 0 Å². The zero-order valence-corrected chi connectivity index (χ0v) is 16.0. The van der Waals surface area contributed by atoms with Gasteiger partial charge >= 0.3 is 0 Å². The number of nitrogens with zero attached hydrogens (tertiary/aromatic N) is 1. The molecule has 0 aliphatic carbocycles. The molecule has 25 heavy (non-hydrogen) atoms. The van der Waals surface area contributed by atoms with Crippen molar-refractivity contribution in [3.05, 3.63) is 100 Å². The van der Waals surface area contributed by atoms with Crippen molar-refractivity contribution in [1.29, 1.82) is 0 Å². The normalized spacial score (nSPS) is 17.0. The van der Waals surface area contributed by atoms with Gasteiger partial charge in [-0.15, -0.1) is 11.3 Å². The largest absolute Gasteiger partial charge is 0.235 e. The van der Waals surface area contributed by atoms with Crippen LogP contribution in [0.4, 0.5) is 0 Å². The van der Waals surface area contributed by atoms with Crippen molar-refractivity contribution >= 4 is 44.9 Å². The highest BCUT2D eigenvalue weighted by atomic mass is 32.2. The molecule has 1 aliphatic rings. The van der Waals surface area contributed by atoms with Crippen LogP contribution >= 0.6 is 34.9 Å². The Kier molecular flexibility index (Phi) is 5.40. The van der Waals surface area contributed by atoms with E-state index in [1.54, 1.807) is 0 Å². The molecule has 4 rings (SSSR count). The van der Waals surface area contributed by atoms with E-state index in [2.05, 4.69) is 78.2 Å². The molecule has 2 heterocycles. The topological polar surface area (TPSA) is 12.4 Å². The molecule has 0 saturated carbocycles. The SMILES string of the molecule is C1=C(c2ccccc2)N=C(SCc2ccccc2)SC1c1cccs1. The summed E-state index contributed by atoms with van der Waals surface area (Å²) >= 11 is 5.49. The average molecular weight is 380 g/mol. The maximum atomic E-state index is 4.94. The van der Waals surface area contributed by atoms with Crippen LogP contribution in [0, 0.1) is 0 Å². The number of aliphatic imine (C=N–C) groups is 1. The molecule has 0 bridgehead atoms. The first-order chi connectivity index (χ1) is 12.4. The van der Waals surface area contributed by atoms with Gasteiger partial charge in [-0.1, -0.05) is 90.3 Å². The molecule has 0 saturated heterocycles. The fraction of sp³-hybridized carbons (Fsp3) is 0.0952. The van der Waals surface area contributed by atoms with E-state index in [0.717, 1.165) is 15.8 Å². The fourth-order valence-corrected chi connectivity index (χ4v) is 5.75. The first-order valence-corrected chi connectivity index (χ1v) is 10.9. The van der Waals surface area contributed by atoms with E-state index >= 15 is 0 Å². The number of hydrogen-bond donors (Lipinski definition) is 0. The number of thiophene rings is 1. The smallest absolute Gasteiger partial charge is 0.131 e. The Morgan fingerprint density at radius 3 is 2.36 bits per heavy atom. The van der Waals surface area contributed by atoms with Crippen LogP contribution in [0.5, 0.6) is 0 Å². The van der Waals surface area contributed by atoms with E-state index < -0.39 is 0 Å². The lowest BCUT2D eigenvalue weighted by atomic mass is 10.1. The summed E-state index contributed by atoms with van der Waals surface area (Å²) in [6.45, 7) is 0. The Bertz CT molecular complexity index is 868. The van der Waals surface area contributed by atoms with E-state index in [-0.39, 0.29) is 0 Å². The Morgan fingerprint density at radius 1 is 0.880 bits per heavy atom. The second-order valence-electron chi connectivity index (χ2n) is 5.62. The molecular formula is C21H17NS3. The van der Waals surface area contributed by atoms with Crippen LogP contribution in [0.25, 0.3) is 5.70 Å². The van der Waals surface area contributed by atoms with Gasteiger partial charge in [0.2, 0.25) is 0 Å². The second-order valence-corrected chi connectivity index (χ2v) is 8.96. The minimum Gasteiger partial charge on any atom is -0.235 e. The van der Waals surface area contributed by atoms with Crippen LogP contribution in [0.2, 0.25) is 0 Å².